The van der Waals surface area contributed by atoms with Gasteiger partial charge in [-0.15, -0.1) is 0 Å². The molecule has 0 amide bonds. The minimum atomic E-state index is -0.922. The van der Waals surface area contributed by atoms with Gasteiger partial charge < -0.3 is 28.4 Å². The van der Waals surface area contributed by atoms with Gasteiger partial charge in [0.2, 0.25) is 24.1 Å². The summed E-state index contributed by atoms with van der Waals surface area (Å²) >= 11 is 0. The molecule has 0 bridgehead atoms. The van der Waals surface area contributed by atoms with Crippen molar-refractivity contribution in [2.24, 2.45) is 11.8 Å². The molecule has 2 heterocycles. The molecule has 8 heteroatoms. The third kappa shape index (κ3) is 3.18. The highest BCUT2D eigenvalue weighted by Gasteiger charge is 2.58. The Kier molecular flexibility index (Phi) is 5.57. The van der Waals surface area contributed by atoms with E-state index in [1.54, 1.807) is 26.0 Å². The van der Waals surface area contributed by atoms with E-state index < -0.39 is 11.5 Å². The molecule has 186 valence electrons. The van der Waals surface area contributed by atoms with Crippen molar-refractivity contribution in [3.05, 3.63) is 52.0 Å². The molecule has 2 aliphatic heterocycles. The molecule has 4 atom stereocenters. The van der Waals surface area contributed by atoms with Crippen molar-refractivity contribution in [2.45, 2.75) is 45.6 Å². The topological polar surface area (TPSA) is 89.5 Å². The van der Waals surface area contributed by atoms with Crippen LogP contribution in [0.2, 0.25) is 0 Å². The Morgan fingerprint density at radius 3 is 2.60 bits per heavy atom. The van der Waals surface area contributed by atoms with E-state index in [-0.39, 0.29) is 42.7 Å². The predicted octanol–water partition coefficient (Wildman–Crippen LogP) is 4.29. The number of fused-ring (bicyclic) bond motifs is 2. The van der Waals surface area contributed by atoms with Crippen molar-refractivity contribution in [3.8, 4) is 17.2 Å². The smallest absolute Gasteiger partial charge is 0.333 e. The fourth-order valence-electron chi connectivity index (χ4n) is 5.62. The summed E-state index contributed by atoms with van der Waals surface area (Å²) in [4.78, 5) is 26.0. The van der Waals surface area contributed by atoms with E-state index in [2.05, 4.69) is 13.8 Å². The van der Waals surface area contributed by atoms with E-state index in [4.69, 9.17) is 28.4 Å². The summed E-state index contributed by atoms with van der Waals surface area (Å²) in [6.45, 7) is 7.96. The van der Waals surface area contributed by atoms with Gasteiger partial charge in [0.1, 0.15) is 18.1 Å². The Morgan fingerprint density at radius 1 is 1.14 bits per heavy atom. The van der Waals surface area contributed by atoms with Gasteiger partial charge in [-0.1, -0.05) is 19.9 Å². The molecule has 0 saturated carbocycles. The number of hydrogen-bond acceptors (Lipinski definition) is 8. The molecule has 4 aliphatic rings. The minimum Gasteiger partial charge on any atom is -0.496 e. The van der Waals surface area contributed by atoms with Crippen LogP contribution in [0.15, 0.2) is 40.9 Å². The van der Waals surface area contributed by atoms with E-state index in [1.165, 1.54) is 14.2 Å². The molecule has 2 aliphatic carbocycles. The van der Waals surface area contributed by atoms with E-state index in [0.29, 0.717) is 35.0 Å². The molecule has 8 nitrogen and oxygen atoms in total. The van der Waals surface area contributed by atoms with Gasteiger partial charge in [0.05, 0.1) is 14.2 Å². The van der Waals surface area contributed by atoms with Crippen molar-refractivity contribution in [1.82, 2.24) is 0 Å². The third-order valence-corrected chi connectivity index (χ3v) is 7.80. The van der Waals surface area contributed by atoms with Crippen LogP contribution >= 0.6 is 0 Å². The van der Waals surface area contributed by atoms with E-state index in [0.717, 1.165) is 16.7 Å². The van der Waals surface area contributed by atoms with E-state index >= 15 is 0 Å². The van der Waals surface area contributed by atoms with Crippen molar-refractivity contribution in [2.75, 3.05) is 27.6 Å². The third-order valence-electron chi connectivity index (χ3n) is 7.80. The lowest BCUT2D eigenvalue weighted by Crippen LogP contribution is -2.42. The second kappa shape index (κ2) is 8.36. The first kappa shape index (κ1) is 23.3. The lowest BCUT2D eigenvalue weighted by atomic mass is 9.62. The number of ether oxygens (including phenoxy) is 6. The van der Waals surface area contributed by atoms with Crippen LogP contribution in [-0.4, -0.2) is 39.4 Å². The van der Waals surface area contributed by atoms with Gasteiger partial charge in [0, 0.05) is 22.6 Å². The molecule has 0 N–H and O–H groups in total. The Labute approximate surface area is 204 Å². The van der Waals surface area contributed by atoms with Crippen molar-refractivity contribution in [1.29, 1.82) is 0 Å². The SMILES string of the molecule is C/C=C(/C)C(=O)O[C@@H]1c2cc3c(c4c2[C@]2(CO4)C(=CC(=O)C(OC)=C2OC)C[C@@H](C)[C@H]1C)OCO3. The van der Waals surface area contributed by atoms with Crippen LogP contribution in [0, 0.1) is 11.8 Å². The van der Waals surface area contributed by atoms with E-state index in [9.17, 15) is 9.59 Å². The number of carbonyl (C=O) groups is 2. The van der Waals surface area contributed by atoms with Gasteiger partial charge in [-0.3, -0.25) is 4.79 Å². The molecule has 0 fully saturated rings. The number of hydrogen-bond donors (Lipinski definition) is 0. The van der Waals surface area contributed by atoms with Gasteiger partial charge in [-0.25, -0.2) is 4.79 Å². The zero-order valence-electron chi connectivity index (χ0n) is 20.9. The zero-order valence-corrected chi connectivity index (χ0v) is 20.9. The van der Waals surface area contributed by atoms with Crippen molar-refractivity contribution < 1.29 is 38.0 Å². The summed E-state index contributed by atoms with van der Waals surface area (Å²) in [7, 11) is 2.98. The monoisotopic (exact) mass is 482 g/mol. The maximum absolute atomic E-state index is 13.0. The number of carbonyl (C=O) groups excluding carboxylic acids is 2. The second-order valence-corrected chi connectivity index (χ2v) is 9.54. The quantitative estimate of drug-likeness (QED) is 0.464. The fraction of sp³-hybridized carbons (Fsp3) is 0.481. The Balaban J connectivity index is 1.83. The highest BCUT2D eigenvalue weighted by molar-refractivity contribution is 6.05. The number of methoxy groups -OCH3 is 2. The van der Waals surface area contributed by atoms with Crippen molar-refractivity contribution in [3.63, 3.8) is 0 Å². The summed E-state index contributed by atoms with van der Waals surface area (Å²) in [5, 5.41) is 0. The van der Waals surface area contributed by atoms with E-state index in [1.807, 2.05) is 6.07 Å². The normalized spacial score (nSPS) is 28.9. The second-order valence-electron chi connectivity index (χ2n) is 9.54. The molecule has 0 unspecified atom stereocenters. The number of allylic oxidation sites excluding steroid dienone is 2. The molecule has 35 heavy (non-hydrogen) atoms. The maximum Gasteiger partial charge on any atom is 0.333 e. The summed E-state index contributed by atoms with van der Waals surface area (Å²) in [6, 6.07) is 1.88. The van der Waals surface area contributed by atoms with Crippen LogP contribution in [0.5, 0.6) is 17.2 Å². The number of esters is 1. The first-order chi connectivity index (χ1) is 16.8. The van der Waals surface area contributed by atoms with Crippen LogP contribution in [-0.2, 0) is 29.2 Å². The number of ketones is 1. The van der Waals surface area contributed by atoms with Crippen LogP contribution in [0.1, 0.15) is 51.3 Å². The Hall–Kier alpha value is -3.42. The average molecular weight is 483 g/mol. The molecule has 0 aromatic heterocycles. The molecule has 5 rings (SSSR count). The minimum absolute atomic E-state index is 0.0627. The summed E-state index contributed by atoms with van der Waals surface area (Å²) < 4.78 is 35.4. The highest BCUT2D eigenvalue weighted by atomic mass is 16.7. The standard InChI is InChI=1S/C27H30O8/c1-7-13(2)26(29)35-21-15(4)14(3)8-16-9-18(28)22(30-5)25(31-6)27(16)11-32-24-20(27)17(21)10-19-23(24)34-12-33-19/h7,9-10,14-15,21H,8,11-12H2,1-6H3/b13-7-/t14-,15-,21+,27+/m1/s1. The highest BCUT2D eigenvalue weighted by Crippen LogP contribution is 2.62. The Bertz CT molecular complexity index is 1210. The number of benzene rings is 1. The van der Waals surface area contributed by atoms with Crippen LogP contribution < -0.4 is 14.2 Å². The predicted molar refractivity (Wildman–Crippen MR) is 125 cm³/mol. The molecule has 1 spiro atoms. The maximum atomic E-state index is 13.0. The first-order valence-electron chi connectivity index (χ1n) is 11.8. The fourth-order valence-corrected chi connectivity index (χ4v) is 5.62. The van der Waals surface area contributed by atoms with Gasteiger partial charge >= 0.3 is 5.97 Å². The molecular weight excluding hydrogens is 452 g/mol. The molecule has 1 aromatic rings. The largest absolute Gasteiger partial charge is 0.496 e. The summed E-state index contributed by atoms with van der Waals surface area (Å²) in [5.41, 5.74) is 2.00. The zero-order chi connectivity index (χ0) is 25.1. The lowest BCUT2D eigenvalue weighted by molar-refractivity contribution is -0.148. The molecule has 0 radical (unpaired) electrons. The molecule has 1 aromatic carbocycles. The molecule has 0 saturated heterocycles. The lowest BCUT2D eigenvalue weighted by Gasteiger charge is -2.42. The average Bonchev–Trinajstić information content (AvgIpc) is 3.47. The van der Waals surface area contributed by atoms with Crippen LogP contribution in [0.4, 0.5) is 0 Å². The van der Waals surface area contributed by atoms with Crippen LogP contribution in [0.25, 0.3) is 0 Å². The summed E-state index contributed by atoms with van der Waals surface area (Å²) in [6.07, 6.45) is 3.38. The summed E-state index contributed by atoms with van der Waals surface area (Å²) in [5.74, 6) is 1.45. The van der Waals surface area contributed by atoms with Gasteiger partial charge in [-0.2, -0.15) is 0 Å². The molecular formula is C27H30O8. The van der Waals surface area contributed by atoms with Crippen molar-refractivity contribution >= 4 is 11.8 Å². The number of rotatable bonds is 4. The van der Waals surface area contributed by atoms with Gasteiger partial charge in [0.25, 0.3) is 0 Å². The van der Waals surface area contributed by atoms with Gasteiger partial charge in [-0.05, 0) is 43.9 Å². The van der Waals surface area contributed by atoms with Crippen LogP contribution in [0.3, 0.4) is 0 Å². The Morgan fingerprint density at radius 2 is 1.91 bits per heavy atom. The first-order valence-corrected chi connectivity index (χ1v) is 11.8. The van der Waals surface area contributed by atoms with Gasteiger partial charge in [0.15, 0.2) is 17.3 Å².